The molecule has 0 fully saturated rings. The molecule has 0 aromatic carbocycles. The molecule has 0 aliphatic heterocycles. The van der Waals surface area contributed by atoms with Gasteiger partial charge in [-0.25, -0.2) is 0 Å². The van der Waals surface area contributed by atoms with Crippen LogP contribution in [0.5, 0.6) is 0 Å². The topological polar surface area (TPSA) is 33.1 Å². The van der Waals surface area contributed by atoms with Crippen molar-refractivity contribution < 1.29 is 5.11 Å². The molecule has 13 heavy (non-hydrogen) atoms. The number of aliphatic hydroxyl groups excluding tert-OH is 1. The van der Waals surface area contributed by atoms with Crippen LogP contribution in [0.25, 0.3) is 0 Å². The van der Waals surface area contributed by atoms with E-state index in [0.29, 0.717) is 5.92 Å². The van der Waals surface area contributed by atoms with Crippen molar-refractivity contribution in [3.8, 4) is 0 Å². The number of hydrogen-bond donors (Lipinski definition) is 1. The molecule has 0 aliphatic carbocycles. The second kappa shape index (κ2) is 5.70. The van der Waals surface area contributed by atoms with E-state index in [0.717, 1.165) is 25.0 Å². The maximum atomic E-state index is 8.74. The van der Waals surface area contributed by atoms with Gasteiger partial charge in [0.05, 0.1) is 0 Å². The van der Waals surface area contributed by atoms with E-state index in [1.165, 1.54) is 0 Å². The number of pyridine rings is 1. The molecule has 0 amide bonds. The van der Waals surface area contributed by atoms with E-state index in [1.54, 1.807) is 0 Å². The summed E-state index contributed by atoms with van der Waals surface area (Å²) in [4.78, 5) is 4.32. The Labute approximate surface area is 79.6 Å². The molecule has 1 atom stereocenters. The standard InChI is InChI=1S/C11H17NO/c1-2-10(6-5-9-13)11-7-3-4-8-12-11/h3-4,7-8,10,13H,2,5-6,9H2,1H3. The van der Waals surface area contributed by atoms with Gasteiger partial charge >= 0.3 is 0 Å². The van der Waals surface area contributed by atoms with Crippen molar-refractivity contribution in [1.29, 1.82) is 0 Å². The lowest BCUT2D eigenvalue weighted by Crippen LogP contribution is -2.00. The molecule has 1 aromatic rings. The Balaban J connectivity index is 2.56. The van der Waals surface area contributed by atoms with Gasteiger partial charge < -0.3 is 5.11 Å². The third-order valence-electron chi connectivity index (χ3n) is 2.31. The summed E-state index contributed by atoms with van der Waals surface area (Å²) in [6.07, 6.45) is 4.83. The third-order valence-corrected chi connectivity index (χ3v) is 2.31. The van der Waals surface area contributed by atoms with Crippen molar-refractivity contribution in [1.82, 2.24) is 4.98 Å². The van der Waals surface area contributed by atoms with Crippen molar-refractivity contribution in [2.75, 3.05) is 6.61 Å². The van der Waals surface area contributed by atoms with Crippen molar-refractivity contribution in [2.24, 2.45) is 0 Å². The Kier molecular flexibility index (Phi) is 4.47. The summed E-state index contributed by atoms with van der Waals surface area (Å²) < 4.78 is 0. The average molecular weight is 179 g/mol. The van der Waals surface area contributed by atoms with E-state index in [1.807, 2.05) is 18.3 Å². The van der Waals surface area contributed by atoms with Crippen LogP contribution in [0.2, 0.25) is 0 Å². The SMILES string of the molecule is CCC(CCCO)c1ccccn1. The normalized spacial score (nSPS) is 12.8. The fourth-order valence-electron chi connectivity index (χ4n) is 1.52. The first-order valence-electron chi connectivity index (χ1n) is 4.90. The first kappa shape index (κ1) is 10.2. The Morgan fingerprint density at radius 2 is 2.31 bits per heavy atom. The van der Waals surface area contributed by atoms with Crippen LogP contribution < -0.4 is 0 Å². The minimum absolute atomic E-state index is 0.281. The second-order valence-corrected chi connectivity index (χ2v) is 3.23. The van der Waals surface area contributed by atoms with Gasteiger partial charge in [0.25, 0.3) is 0 Å². The van der Waals surface area contributed by atoms with E-state index in [-0.39, 0.29) is 6.61 Å². The van der Waals surface area contributed by atoms with Gasteiger partial charge in [-0.2, -0.15) is 0 Å². The third kappa shape index (κ3) is 3.15. The first-order valence-corrected chi connectivity index (χ1v) is 4.90. The number of rotatable bonds is 5. The zero-order valence-corrected chi connectivity index (χ0v) is 8.11. The minimum atomic E-state index is 0.281. The van der Waals surface area contributed by atoms with Crippen molar-refractivity contribution in [3.63, 3.8) is 0 Å². The smallest absolute Gasteiger partial charge is 0.0434 e. The van der Waals surface area contributed by atoms with Crippen LogP contribution in [-0.2, 0) is 0 Å². The lowest BCUT2D eigenvalue weighted by Gasteiger charge is -2.12. The second-order valence-electron chi connectivity index (χ2n) is 3.23. The Bertz CT molecular complexity index is 223. The summed E-state index contributed by atoms with van der Waals surface area (Å²) in [5.41, 5.74) is 1.15. The van der Waals surface area contributed by atoms with Crippen LogP contribution in [-0.4, -0.2) is 16.7 Å². The largest absolute Gasteiger partial charge is 0.396 e. The average Bonchev–Trinajstić information content (AvgIpc) is 2.21. The number of hydrogen-bond acceptors (Lipinski definition) is 2. The van der Waals surface area contributed by atoms with Gasteiger partial charge in [-0.3, -0.25) is 4.98 Å². The van der Waals surface area contributed by atoms with Crippen LogP contribution in [0.15, 0.2) is 24.4 Å². The molecule has 1 aromatic heterocycles. The van der Waals surface area contributed by atoms with Crippen LogP contribution in [0.4, 0.5) is 0 Å². The molecule has 0 saturated heterocycles. The van der Waals surface area contributed by atoms with E-state index in [2.05, 4.69) is 18.0 Å². The van der Waals surface area contributed by atoms with Gasteiger partial charge in [-0.1, -0.05) is 13.0 Å². The van der Waals surface area contributed by atoms with E-state index >= 15 is 0 Å². The molecule has 1 heterocycles. The van der Waals surface area contributed by atoms with Gasteiger partial charge in [0, 0.05) is 24.4 Å². The molecule has 0 saturated carbocycles. The van der Waals surface area contributed by atoms with Gasteiger partial charge in [-0.05, 0) is 31.4 Å². The van der Waals surface area contributed by atoms with E-state index < -0.39 is 0 Å². The summed E-state index contributed by atoms with van der Waals surface area (Å²) in [5.74, 6) is 0.508. The predicted molar refractivity (Wildman–Crippen MR) is 53.6 cm³/mol. The van der Waals surface area contributed by atoms with Gasteiger partial charge in [-0.15, -0.1) is 0 Å². The van der Waals surface area contributed by atoms with Gasteiger partial charge in [0.1, 0.15) is 0 Å². The lowest BCUT2D eigenvalue weighted by atomic mass is 9.96. The highest BCUT2D eigenvalue weighted by molar-refractivity contribution is 5.08. The zero-order chi connectivity index (χ0) is 9.52. The molecule has 0 aliphatic rings. The summed E-state index contributed by atoms with van der Waals surface area (Å²) in [6, 6.07) is 6.01. The fourth-order valence-corrected chi connectivity index (χ4v) is 1.52. The van der Waals surface area contributed by atoms with Crippen LogP contribution >= 0.6 is 0 Å². The highest BCUT2D eigenvalue weighted by atomic mass is 16.2. The summed E-state index contributed by atoms with van der Waals surface area (Å²) in [5, 5.41) is 8.74. The maximum absolute atomic E-state index is 8.74. The molecular weight excluding hydrogens is 162 g/mol. The van der Waals surface area contributed by atoms with Crippen molar-refractivity contribution in [3.05, 3.63) is 30.1 Å². The molecule has 1 unspecified atom stereocenters. The van der Waals surface area contributed by atoms with Crippen molar-refractivity contribution >= 4 is 0 Å². The lowest BCUT2D eigenvalue weighted by molar-refractivity contribution is 0.278. The Hall–Kier alpha value is -0.890. The Morgan fingerprint density at radius 3 is 2.85 bits per heavy atom. The zero-order valence-electron chi connectivity index (χ0n) is 8.11. The molecule has 0 bridgehead atoms. The van der Waals surface area contributed by atoms with Gasteiger partial charge in [0.2, 0.25) is 0 Å². The van der Waals surface area contributed by atoms with Crippen LogP contribution in [0, 0.1) is 0 Å². The number of aromatic nitrogens is 1. The molecular formula is C11H17NO. The summed E-state index contributed by atoms with van der Waals surface area (Å²) in [6.45, 7) is 2.44. The highest BCUT2D eigenvalue weighted by Gasteiger charge is 2.08. The predicted octanol–water partition coefficient (Wildman–Crippen LogP) is 2.35. The fraction of sp³-hybridized carbons (Fsp3) is 0.545. The van der Waals surface area contributed by atoms with Crippen LogP contribution in [0.1, 0.15) is 37.8 Å². The molecule has 0 spiro atoms. The van der Waals surface area contributed by atoms with E-state index in [4.69, 9.17) is 5.11 Å². The minimum Gasteiger partial charge on any atom is -0.396 e. The van der Waals surface area contributed by atoms with Gasteiger partial charge in [0.15, 0.2) is 0 Å². The molecule has 1 rings (SSSR count). The van der Waals surface area contributed by atoms with Crippen LogP contribution in [0.3, 0.4) is 0 Å². The number of nitrogens with zero attached hydrogens (tertiary/aromatic N) is 1. The van der Waals surface area contributed by atoms with E-state index in [9.17, 15) is 0 Å². The molecule has 2 nitrogen and oxygen atoms in total. The monoisotopic (exact) mass is 179 g/mol. The summed E-state index contributed by atoms with van der Waals surface area (Å²) in [7, 11) is 0. The summed E-state index contributed by atoms with van der Waals surface area (Å²) >= 11 is 0. The van der Waals surface area contributed by atoms with Crippen molar-refractivity contribution in [2.45, 2.75) is 32.1 Å². The molecule has 1 N–H and O–H groups in total. The Morgan fingerprint density at radius 1 is 1.46 bits per heavy atom. The number of aliphatic hydroxyl groups is 1. The maximum Gasteiger partial charge on any atom is 0.0434 e. The molecule has 0 radical (unpaired) electrons. The quantitative estimate of drug-likeness (QED) is 0.752. The molecule has 72 valence electrons. The first-order chi connectivity index (χ1) is 6.38. The molecule has 2 heteroatoms. The highest BCUT2D eigenvalue weighted by Crippen LogP contribution is 2.21.